The molecule has 1 rings (SSSR count). The van der Waals surface area contributed by atoms with E-state index in [9.17, 15) is 4.79 Å². The van der Waals surface area contributed by atoms with Crippen molar-refractivity contribution in [2.75, 3.05) is 5.88 Å². The normalized spacial score (nSPS) is 24.1. The van der Waals surface area contributed by atoms with Crippen LogP contribution in [0.5, 0.6) is 0 Å². The summed E-state index contributed by atoms with van der Waals surface area (Å²) < 4.78 is 0. The first-order valence-corrected chi connectivity index (χ1v) is 5.39. The van der Waals surface area contributed by atoms with Gasteiger partial charge in [-0.1, -0.05) is 32.1 Å². The molecule has 0 amide bonds. The fraction of sp³-hybridized carbons (Fsp3) is 0.900. The second-order valence-corrected chi connectivity index (χ2v) is 4.15. The second kappa shape index (κ2) is 4.86. The minimum Gasteiger partial charge on any atom is -0.303 e. The Morgan fingerprint density at radius 3 is 2.00 bits per heavy atom. The maximum Gasteiger partial charge on any atom is 0.127 e. The van der Waals surface area contributed by atoms with Crippen molar-refractivity contribution >= 4 is 17.9 Å². The molecular weight excluding hydrogens is 172 g/mol. The number of aldehydes is 1. The van der Waals surface area contributed by atoms with Gasteiger partial charge in [0.05, 0.1) is 0 Å². The monoisotopic (exact) mass is 188 g/mol. The standard InChI is InChI=1S/C10H17ClO/c11-8-10(9-12)6-4-2-1-3-5-7-10/h9H,1-8H2. The van der Waals surface area contributed by atoms with Crippen molar-refractivity contribution in [3.63, 3.8) is 0 Å². The Morgan fingerprint density at radius 2 is 1.58 bits per heavy atom. The van der Waals surface area contributed by atoms with Crippen molar-refractivity contribution in [3.05, 3.63) is 0 Å². The summed E-state index contributed by atoms with van der Waals surface area (Å²) >= 11 is 5.83. The molecule has 0 aromatic carbocycles. The molecule has 0 unspecified atom stereocenters. The zero-order chi connectivity index (χ0) is 8.86. The van der Waals surface area contributed by atoms with E-state index in [0.29, 0.717) is 5.88 Å². The Hall–Kier alpha value is -0.0400. The van der Waals surface area contributed by atoms with Gasteiger partial charge in [0, 0.05) is 11.3 Å². The molecule has 1 saturated carbocycles. The third-order valence-corrected chi connectivity index (χ3v) is 3.40. The van der Waals surface area contributed by atoms with Crippen molar-refractivity contribution in [3.8, 4) is 0 Å². The number of carbonyl (C=O) groups is 1. The first-order valence-electron chi connectivity index (χ1n) is 4.85. The van der Waals surface area contributed by atoms with Gasteiger partial charge in [0.1, 0.15) is 6.29 Å². The molecule has 0 bridgehead atoms. The van der Waals surface area contributed by atoms with Crippen LogP contribution in [0.2, 0.25) is 0 Å². The van der Waals surface area contributed by atoms with Crippen LogP contribution in [0.15, 0.2) is 0 Å². The Labute approximate surface area is 79.5 Å². The summed E-state index contributed by atoms with van der Waals surface area (Å²) in [6.07, 6.45) is 9.30. The molecule has 0 saturated heterocycles. The van der Waals surface area contributed by atoms with Crippen LogP contribution in [0.1, 0.15) is 44.9 Å². The van der Waals surface area contributed by atoms with Crippen LogP contribution in [0.3, 0.4) is 0 Å². The summed E-state index contributed by atoms with van der Waals surface area (Å²) in [5, 5.41) is 0. The molecule has 0 heterocycles. The van der Waals surface area contributed by atoms with Crippen molar-refractivity contribution in [1.29, 1.82) is 0 Å². The molecule has 1 aliphatic carbocycles. The van der Waals surface area contributed by atoms with Gasteiger partial charge in [-0.2, -0.15) is 0 Å². The zero-order valence-corrected chi connectivity index (χ0v) is 8.28. The third-order valence-electron chi connectivity index (χ3n) is 2.87. The molecule has 1 aliphatic rings. The van der Waals surface area contributed by atoms with Gasteiger partial charge in [-0.3, -0.25) is 0 Å². The molecule has 1 nitrogen and oxygen atoms in total. The minimum atomic E-state index is -0.179. The first-order chi connectivity index (χ1) is 5.83. The number of alkyl halides is 1. The Bertz CT molecular complexity index is 137. The van der Waals surface area contributed by atoms with Gasteiger partial charge < -0.3 is 4.79 Å². The second-order valence-electron chi connectivity index (χ2n) is 3.88. The fourth-order valence-electron chi connectivity index (χ4n) is 1.89. The van der Waals surface area contributed by atoms with Crippen LogP contribution in [0.4, 0.5) is 0 Å². The SMILES string of the molecule is O=CC1(CCl)CCCCCCC1. The number of hydrogen-bond donors (Lipinski definition) is 0. The van der Waals surface area contributed by atoms with Gasteiger partial charge in [0.25, 0.3) is 0 Å². The van der Waals surface area contributed by atoms with E-state index in [1.807, 2.05) is 0 Å². The number of halogens is 1. The predicted molar refractivity (Wildman–Crippen MR) is 51.5 cm³/mol. The molecule has 0 spiro atoms. The number of carbonyl (C=O) groups excluding carboxylic acids is 1. The molecule has 0 radical (unpaired) electrons. The van der Waals surface area contributed by atoms with E-state index in [1.165, 1.54) is 32.1 Å². The van der Waals surface area contributed by atoms with Crippen molar-refractivity contribution in [2.45, 2.75) is 44.9 Å². The lowest BCUT2D eigenvalue weighted by Crippen LogP contribution is -2.25. The van der Waals surface area contributed by atoms with Gasteiger partial charge in [-0.15, -0.1) is 11.6 Å². The third kappa shape index (κ3) is 2.48. The lowest BCUT2D eigenvalue weighted by molar-refractivity contribution is -0.116. The summed E-state index contributed by atoms with van der Waals surface area (Å²) in [6, 6.07) is 0. The Morgan fingerprint density at radius 1 is 1.08 bits per heavy atom. The minimum absolute atomic E-state index is 0.179. The maximum absolute atomic E-state index is 10.9. The Balaban J connectivity index is 2.51. The highest BCUT2D eigenvalue weighted by Gasteiger charge is 2.28. The van der Waals surface area contributed by atoms with E-state index in [0.717, 1.165) is 19.1 Å². The molecule has 0 aromatic rings. The van der Waals surface area contributed by atoms with Crippen LogP contribution in [-0.4, -0.2) is 12.2 Å². The van der Waals surface area contributed by atoms with E-state index in [1.54, 1.807) is 0 Å². The summed E-state index contributed by atoms with van der Waals surface area (Å²) in [6.45, 7) is 0. The summed E-state index contributed by atoms with van der Waals surface area (Å²) in [4.78, 5) is 10.9. The van der Waals surface area contributed by atoms with E-state index in [2.05, 4.69) is 0 Å². The highest BCUT2D eigenvalue weighted by atomic mass is 35.5. The van der Waals surface area contributed by atoms with Crippen LogP contribution in [-0.2, 0) is 4.79 Å². The molecule has 0 aliphatic heterocycles. The first kappa shape index (κ1) is 10.0. The van der Waals surface area contributed by atoms with Crippen molar-refractivity contribution in [2.24, 2.45) is 5.41 Å². The van der Waals surface area contributed by atoms with Gasteiger partial charge in [0.15, 0.2) is 0 Å². The average Bonchev–Trinajstić information content (AvgIpc) is 2.06. The molecule has 0 atom stereocenters. The van der Waals surface area contributed by atoms with Crippen LogP contribution < -0.4 is 0 Å². The summed E-state index contributed by atoms with van der Waals surface area (Å²) in [7, 11) is 0. The molecule has 0 N–H and O–H groups in total. The summed E-state index contributed by atoms with van der Waals surface area (Å²) in [5.74, 6) is 0.510. The number of rotatable bonds is 2. The highest BCUT2D eigenvalue weighted by Crippen LogP contribution is 2.33. The molecule has 12 heavy (non-hydrogen) atoms. The molecule has 0 aromatic heterocycles. The van der Waals surface area contributed by atoms with E-state index in [4.69, 9.17) is 11.6 Å². The van der Waals surface area contributed by atoms with Crippen molar-refractivity contribution in [1.82, 2.24) is 0 Å². The highest BCUT2D eigenvalue weighted by molar-refractivity contribution is 6.19. The smallest absolute Gasteiger partial charge is 0.127 e. The summed E-state index contributed by atoms with van der Waals surface area (Å²) in [5.41, 5.74) is -0.179. The molecular formula is C10H17ClO. The van der Waals surface area contributed by atoms with Crippen LogP contribution in [0.25, 0.3) is 0 Å². The zero-order valence-electron chi connectivity index (χ0n) is 7.52. The fourth-order valence-corrected chi connectivity index (χ4v) is 2.22. The van der Waals surface area contributed by atoms with Crippen LogP contribution in [0, 0.1) is 5.41 Å². The quantitative estimate of drug-likeness (QED) is 0.481. The number of hydrogen-bond acceptors (Lipinski definition) is 1. The van der Waals surface area contributed by atoms with E-state index < -0.39 is 0 Å². The average molecular weight is 189 g/mol. The van der Waals surface area contributed by atoms with Gasteiger partial charge in [-0.25, -0.2) is 0 Å². The lowest BCUT2D eigenvalue weighted by Gasteiger charge is -2.27. The topological polar surface area (TPSA) is 17.1 Å². The maximum atomic E-state index is 10.9. The van der Waals surface area contributed by atoms with E-state index in [-0.39, 0.29) is 5.41 Å². The van der Waals surface area contributed by atoms with Crippen LogP contribution >= 0.6 is 11.6 Å². The van der Waals surface area contributed by atoms with Gasteiger partial charge in [0.2, 0.25) is 0 Å². The molecule has 70 valence electrons. The van der Waals surface area contributed by atoms with Gasteiger partial charge in [-0.05, 0) is 12.8 Å². The lowest BCUT2D eigenvalue weighted by atomic mass is 9.79. The molecule has 1 fully saturated rings. The largest absolute Gasteiger partial charge is 0.303 e. The van der Waals surface area contributed by atoms with Gasteiger partial charge >= 0.3 is 0 Å². The molecule has 2 heteroatoms. The van der Waals surface area contributed by atoms with E-state index >= 15 is 0 Å². The predicted octanol–water partition coefficient (Wildman–Crippen LogP) is 3.15. The Kier molecular flexibility index (Phi) is 4.07. The van der Waals surface area contributed by atoms with Crippen molar-refractivity contribution < 1.29 is 4.79 Å².